The summed E-state index contributed by atoms with van der Waals surface area (Å²) in [4.78, 5) is 11.0. The fourth-order valence-electron chi connectivity index (χ4n) is 2.76. The van der Waals surface area contributed by atoms with Gasteiger partial charge in [-0.25, -0.2) is 9.97 Å². The molecule has 2 aromatic rings. The summed E-state index contributed by atoms with van der Waals surface area (Å²) in [6.45, 7) is 6.54. The van der Waals surface area contributed by atoms with E-state index in [1.807, 2.05) is 0 Å². The normalized spacial score (nSPS) is 21.6. The van der Waals surface area contributed by atoms with Crippen LogP contribution in [-0.4, -0.2) is 15.7 Å². The van der Waals surface area contributed by atoms with E-state index in [0.29, 0.717) is 0 Å². The predicted octanol–water partition coefficient (Wildman–Crippen LogP) is 4.29. The molecule has 0 amide bonds. The lowest BCUT2D eigenvalue weighted by Gasteiger charge is -2.19. The van der Waals surface area contributed by atoms with Crippen LogP contribution in [0.2, 0.25) is 0 Å². The molecule has 0 aliphatic heterocycles. The molecule has 1 atom stereocenters. The van der Waals surface area contributed by atoms with Gasteiger partial charge in [0, 0.05) is 10.6 Å². The molecule has 0 unspecified atom stereocenters. The Morgan fingerprint density at radius 1 is 1.35 bits per heavy atom. The second-order valence-corrected chi connectivity index (χ2v) is 6.88. The monoisotopic (exact) mass is 288 g/mol. The van der Waals surface area contributed by atoms with Gasteiger partial charge in [-0.1, -0.05) is 6.92 Å². The van der Waals surface area contributed by atoms with Crippen molar-refractivity contribution in [3.05, 3.63) is 16.8 Å². The van der Waals surface area contributed by atoms with Gasteiger partial charge in [0.25, 0.3) is 0 Å². The number of hydrazone groups is 1. The maximum absolute atomic E-state index is 4.59. The zero-order chi connectivity index (χ0) is 14.1. The van der Waals surface area contributed by atoms with Crippen molar-refractivity contribution in [2.75, 3.05) is 5.43 Å². The van der Waals surface area contributed by atoms with Crippen LogP contribution in [0.25, 0.3) is 10.2 Å². The zero-order valence-corrected chi connectivity index (χ0v) is 13.0. The number of aromatic nitrogens is 2. The quantitative estimate of drug-likeness (QED) is 0.839. The van der Waals surface area contributed by atoms with E-state index in [2.05, 4.69) is 41.3 Å². The number of nitrogens with zero attached hydrogens (tertiary/aromatic N) is 3. The van der Waals surface area contributed by atoms with Crippen LogP contribution in [0.1, 0.15) is 43.0 Å². The van der Waals surface area contributed by atoms with Crippen LogP contribution in [0.4, 0.5) is 5.82 Å². The van der Waals surface area contributed by atoms with E-state index in [1.54, 1.807) is 17.7 Å². The maximum atomic E-state index is 4.59. The number of thiophene rings is 1. The van der Waals surface area contributed by atoms with Gasteiger partial charge in [0.2, 0.25) is 0 Å². The number of rotatable bonds is 2. The summed E-state index contributed by atoms with van der Waals surface area (Å²) in [6.07, 6.45) is 6.39. The molecule has 1 aliphatic carbocycles. The van der Waals surface area contributed by atoms with Crippen LogP contribution in [-0.2, 0) is 0 Å². The highest BCUT2D eigenvalue weighted by Gasteiger charge is 2.15. The van der Waals surface area contributed by atoms with Crippen molar-refractivity contribution >= 4 is 33.1 Å². The Kier molecular flexibility index (Phi) is 3.70. The van der Waals surface area contributed by atoms with Gasteiger partial charge >= 0.3 is 0 Å². The third-order valence-corrected chi connectivity index (χ3v) is 5.15. The molecular formula is C15H20N4S. The summed E-state index contributed by atoms with van der Waals surface area (Å²) in [7, 11) is 0. The SMILES string of the molecule is Cc1sc2ncnc(NN=C3CCC[C@H](C)C3)c2c1C. The third kappa shape index (κ3) is 2.54. The van der Waals surface area contributed by atoms with Gasteiger partial charge < -0.3 is 0 Å². The molecule has 20 heavy (non-hydrogen) atoms. The van der Waals surface area contributed by atoms with Crippen molar-refractivity contribution < 1.29 is 0 Å². The van der Waals surface area contributed by atoms with E-state index < -0.39 is 0 Å². The van der Waals surface area contributed by atoms with Crippen LogP contribution in [0, 0.1) is 19.8 Å². The summed E-state index contributed by atoms with van der Waals surface area (Å²) in [5.74, 6) is 1.59. The summed E-state index contributed by atoms with van der Waals surface area (Å²) >= 11 is 1.72. The smallest absolute Gasteiger partial charge is 0.158 e. The lowest BCUT2D eigenvalue weighted by atomic mass is 9.89. The first-order chi connectivity index (χ1) is 9.65. The van der Waals surface area contributed by atoms with Crippen LogP contribution in [0.5, 0.6) is 0 Å². The van der Waals surface area contributed by atoms with Gasteiger partial charge in [-0.3, -0.25) is 5.43 Å². The maximum Gasteiger partial charge on any atom is 0.158 e. The highest BCUT2D eigenvalue weighted by Crippen LogP contribution is 2.32. The van der Waals surface area contributed by atoms with E-state index in [4.69, 9.17) is 0 Å². The zero-order valence-electron chi connectivity index (χ0n) is 12.2. The standard InChI is InChI=1S/C15H20N4S/c1-9-5-4-6-12(7-9)18-19-14-13-10(2)11(3)20-15(13)17-8-16-14/h8-9H,4-7H2,1-3H3,(H,16,17,19)/t9-/m0/s1. The number of fused-ring (bicyclic) bond motifs is 1. The molecule has 5 heteroatoms. The average Bonchev–Trinajstić information content (AvgIpc) is 2.73. The van der Waals surface area contributed by atoms with E-state index in [-0.39, 0.29) is 0 Å². The lowest BCUT2D eigenvalue weighted by Crippen LogP contribution is -2.14. The summed E-state index contributed by atoms with van der Waals surface area (Å²) in [5, 5.41) is 5.70. The van der Waals surface area contributed by atoms with Crippen molar-refractivity contribution in [2.45, 2.75) is 46.5 Å². The molecule has 4 nitrogen and oxygen atoms in total. The first kappa shape index (κ1) is 13.5. The van der Waals surface area contributed by atoms with Crippen LogP contribution in [0.15, 0.2) is 11.4 Å². The van der Waals surface area contributed by atoms with Crippen molar-refractivity contribution in [1.82, 2.24) is 9.97 Å². The van der Waals surface area contributed by atoms with Crippen LogP contribution in [0.3, 0.4) is 0 Å². The molecule has 0 radical (unpaired) electrons. The number of anilines is 1. The van der Waals surface area contributed by atoms with Crippen molar-refractivity contribution in [3.8, 4) is 0 Å². The Bertz CT molecular complexity index is 659. The van der Waals surface area contributed by atoms with Gasteiger partial charge in [-0.15, -0.1) is 11.3 Å². The highest BCUT2D eigenvalue weighted by atomic mass is 32.1. The fourth-order valence-corrected chi connectivity index (χ4v) is 3.76. The first-order valence-corrected chi connectivity index (χ1v) is 7.99. The second kappa shape index (κ2) is 5.48. The molecule has 2 aromatic heterocycles. The van der Waals surface area contributed by atoms with Gasteiger partial charge in [0.05, 0.1) is 5.39 Å². The minimum atomic E-state index is 0.750. The van der Waals surface area contributed by atoms with E-state index in [1.165, 1.54) is 29.0 Å². The van der Waals surface area contributed by atoms with E-state index in [0.717, 1.165) is 34.8 Å². The Balaban J connectivity index is 1.89. The molecule has 0 bridgehead atoms. The van der Waals surface area contributed by atoms with Gasteiger partial charge in [-0.05, 0) is 51.0 Å². The van der Waals surface area contributed by atoms with Crippen LogP contribution >= 0.6 is 11.3 Å². The molecule has 0 aromatic carbocycles. The molecule has 2 heterocycles. The summed E-state index contributed by atoms with van der Waals surface area (Å²) in [6, 6.07) is 0. The molecule has 0 spiro atoms. The Morgan fingerprint density at radius 2 is 2.20 bits per heavy atom. The van der Waals surface area contributed by atoms with E-state index in [9.17, 15) is 0 Å². The Morgan fingerprint density at radius 3 is 3.00 bits per heavy atom. The molecule has 3 rings (SSSR count). The Hall–Kier alpha value is -1.49. The van der Waals surface area contributed by atoms with Gasteiger partial charge in [0.15, 0.2) is 5.82 Å². The first-order valence-electron chi connectivity index (χ1n) is 7.17. The van der Waals surface area contributed by atoms with Crippen molar-refractivity contribution in [1.29, 1.82) is 0 Å². The molecule has 0 saturated heterocycles. The van der Waals surface area contributed by atoms with Gasteiger partial charge in [0.1, 0.15) is 11.2 Å². The van der Waals surface area contributed by atoms with Gasteiger partial charge in [-0.2, -0.15) is 5.10 Å². The number of nitrogens with one attached hydrogen (secondary N) is 1. The molecular weight excluding hydrogens is 268 g/mol. The Labute approximate surface area is 123 Å². The predicted molar refractivity (Wildman–Crippen MR) is 85.6 cm³/mol. The summed E-state index contributed by atoms with van der Waals surface area (Å²) in [5.41, 5.74) is 5.69. The third-order valence-electron chi connectivity index (χ3n) is 4.03. The topological polar surface area (TPSA) is 50.2 Å². The molecule has 1 fully saturated rings. The molecule has 1 aliphatic rings. The minimum Gasteiger partial charge on any atom is -0.261 e. The highest BCUT2D eigenvalue weighted by molar-refractivity contribution is 7.18. The second-order valence-electron chi connectivity index (χ2n) is 5.68. The van der Waals surface area contributed by atoms with Crippen molar-refractivity contribution in [2.24, 2.45) is 11.0 Å². The largest absolute Gasteiger partial charge is 0.261 e. The molecule has 106 valence electrons. The molecule has 1 N–H and O–H groups in total. The van der Waals surface area contributed by atoms with Crippen molar-refractivity contribution in [3.63, 3.8) is 0 Å². The molecule has 1 saturated carbocycles. The fraction of sp³-hybridized carbons (Fsp3) is 0.533. The average molecular weight is 288 g/mol. The number of hydrogen-bond donors (Lipinski definition) is 1. The van der Waals surface area contributed by atoms with Crippen LogP contribution < -0.4 is 5.43 Å². The number of hydrogen-bond acceptors (Lipinski definition) is 5. The lowest BCUT2D eigenvalue weighted by molar-refractivity contribution is 0.500. The minimum absolute atomic E-state index is 0.750. The number of aryl methyl sites for hydroxylation is 2. The van der Waals surface area contributed by atoms with E-state index >= 15 is 0 Å². The summed E-state index contributed by atoms with van der Waals surface area (Å²) < 4.78 is 0.